The predicted octanol–water partition coefficient (Wildman–Crippen LogP) is -0.0265. The van der Waals surface area contributed by atoms with Crippen LogP contribution in [-0.4, -0.2) is 42.6 Å². The van der Waals surface area contributed by atoms with E-state index in [0.29, 0.717) is 5.13 Å². The van der Waals surface area contributed by atoms with Crippen LogP contribution in [0, 0.1) is 0 Å². The van der Waals surface area contributed by atoms with Crippen molar-refractivity contribution in [3.63, 3.8) is 0 Å². The van der Waals surface area contributed by atoms with E-state index in [9.17, 15) is 13.2 Å². The van der Waals surface area contributed by atoms with Crippen molar-refractivity contribution in [3.05, 3.63) is 5.01 Å². The molecule has 0 bridgehead atoms. The molecule has 18 heavy (non-hydrogen) atoms. The molecule has 1 aromatic rings. The smallest absolute Gasteiger partial charge is 0.241 e. The van der Waals surface area contributed by atoms with Crippen LogP contribution in [0.2, 0.25) is 0 Å². The van der Waals surface area contributed by atoms with Gasteiger partial charge in [-0.2, -0.15) is 0 Å². The van der Waals surface area contributed by atoms with Gasteiger partial charge in [-0.1, -0.05) is 25.2 Å². The Morgan fingerprint density at radius 2 is 2.11 bits per heavy atom. The van der Waals surface area contributed by atoms with Crippen LogP contribution in [0.15, 0.2) is 0 Å². The Balaban J connectivity index is 2.59. The summed E-state index contributed by atoms with van der Waals surface area (Å²) in [5, 5.41) is 11.2. The van der Waals surface area contributed by atoms with E-state index in [1.165, 1.54) is 11.3 Å². The monoisotopic (exact) mass is 292 g/mol. The molecule has 9 heteroatoms. The minimum absolute atomic E-state index is 0.00587. The maximum Gasteiger partial charge on any atom is 0.241 e. The quantitative estimate of drug-likeness (QED) is 0.761. The normalized spacial score (nSPS) is 11.8. The molecule has 7 nitrogen and oxygen atoms in total. The number of hydrogen-bond donors (Lipinski definition) is 2. The molecule has 1 heterocycles. The highest BCUT2D eigenvalue weighted by Crippen LogP contribution is 2.22. The molecule has 1 rings (SSSR count). The van der Waals surface area contributed by atoms with E-state index in [2.05, 4.69) is 15.5 Å². The second-order valence-corrected chi connectivity index (χ2v) is 7.22. The summed E-state index contributed by atoms with van der Waals surface area (Å²) in [6.07, 6.45) is 0. The molecule has 0 unspecified atom stereocenters. The first-order chi connectivity index (χ1) is 8.34. The van der Waals surface area contributed by atoms with Crippen molar-refractivity contribution in [1.29, 1.82) is 0 Å². The zero-order chi connectivity index (χ0) is 13.8. The van der Waals surface area contributed by atoms with Crippen LogP contribution in [0.4, 0.5) is 5.13 Å². The van der Waals surface area contributed by atoms with E-state index >= 15 is 0 Å². The zero-order valence-corrected chi connectivity index (χ0v) is 11.8. The van der Waals surface area contributed by atoms with Crippen LogP contribution in [0.5, 0.6) is 0 Å². The predicted molar refractivity (Wildman–Crippen MR) is 70.3 cm³/mol. The number of anilines is 1. The number of rotatable bonds is 6. The van der Waals surface area contributed by atoms with Crippen LogP contribution < -0.4 is 11.1 Å². The first kappa shape index (κ1) is 15.0. The van der Waals surface area contributed by atoms with Crippen LogP contribution in [0.25, 0.3) is 0 Å². The summed E-state index contributed by atoms with van der Waals surface area (Å²) in [7, 11) is -3.44. The van der Waals surface area contributed by atoms with Crippen molar-refractivity contribution >= 4 is 32.2 Å². The number of nitrogens with two attached hydrogens (primary N) is 1. The first-order valence-corrected chi connectivity index (χ1v) is 8.01. The Bertz CT molecular complexity index is 510. The molecule has 0 aromatic carbocycles. The van der Waals surface area contributed by atoms with Gasteiger partial charge in [-0.05, 0) is 0 Å². The number of carbonyl (C=O) groups is 1. The molecule has 0 aliphatic carbocycles. The van der Waals surface area contributed by atoms with E-state index in [4.69, 9.17) is 5.73 Å². The Labute approximate surface area is 110 Å². The van der Waals surface area contributed by atoms with Crippen LogP contribution >= 0.6 is 11.3 Å². The lowest BCUT2D eigenvalue weighted by Crippen LogP contribution is -2.27. The number of hydrogen-bond acceptors (Lipinski definition) is 7. The van der Waals surface area contributed by atoms with Gasteiger partial charge in [-0.25, -0.2) is 8.42 Å². The minimum Gasteiger partial charge on any atom is -0.329 e. The summed E-state index contributed by atoms with van der Waals surface area (Å²) in [4.78, 5) is 11.5. The van der Waals surface area contributed by atoms with Gasteiger partial charge in [0.25, 0.3) is 0 Å². The number of nitrogens with zero attached hydrogens (tertiary/aromatic N) is 2. The lowest BCUT2D eigenvalue weighted by Gasteiger charge is -2.02. The zero-order valence-electron chi connectivity index (χ0n) is 10.2. The summed E-state index contributed by atoms with van der Waals surface area (Å²) in [6, 6.07) is 0. The highest BCUT2D eigenvalue weighted by molar-refractivity contribution is 7.92. The van der Waals surface area contributed by atoms with Crippen molar-refractivity contribution in [1.82, 2.24) is 10.2 Å². The fourth-order valence-electron chi connectivity index (χ4n) is 1.13. The Morgan fingerprint density at radius 3 is 2.61 bits per heavy atom. The lowest BCUT2D eigenvalue weighted by atomic mass is 10.2. The van der Waals surface area contributed by atoms with Gasteiger partial charge >= 0.3 is 0 Å². The minimum atomic E-state index is -3.44. The number of sulfone groups is 1. The Morgan fingerprint density at radius 1 is 1.44 bits per heavy atom. The number of carbonyl (C=O) groups excluding carboxylic acids is 1. The van der Waals surface area contributed by atoms with E-state index in [0.717, 1.165) is 5.01 Å². The molecular weight excluding hydrogens is 276 g/mol. The summed E-state index contributed by atoms with van der Waals surface area (Å²) >= 11 is 1.23. The van der Waals surface area contributed by atoms with Gasteiger partial charge in [0.2, 0.25) is 11.0 Å². The van der Waals surface area contributed by atoms with E-state index in [-0.39, 0.29) is 18.2 Å². The second kappa shape index (κ2) is 6.21. The van der Waals surface area contributed by atoms with Crippen molar-refractivity contribution in [2.75, 3.05) is 23.4 Å². The Hall–Kier alpha value is -1.06. The Kier molecular flexibility index (Phi) is 5.17. The maximum atomic E-state index is 11.5. The lowest BCUT2D eigenvalue weighted by molar-refractivity contribution is -0.113. The van der Waals surface area contributed by atoms with Crippen molar-refractivity contribution < 1.29 is 13.2 Å². The van der Waals surface area contributed by atoms with Gasteiger partial charge in [-0.15, -0.1) is 10.2 Å². The molecule has 0 fully saturated rings. The summed E-state index contributed by atoms with van der Waals surface area (Å²) in [5.74, 6) is -1.18. The SMILES string of the molecule is CC(C)c1nnc(NC(=O)CS(=O)(=O)CCN)s1. The number of aromatic nitrogens is 2. The van der Waals surface area contributed by atoms with Crippen molar-refractivity contribution in [2.45, 2.75) is 19.8 Å². The molecule has 0 atom stereocenters. The summed E-state index contributed by atoms with van der Waals surface area (Å²) in [5.41, 5.74) is 5.15. The van der Waals surface area contributed by atoms with E-state index in [1.807, 2.05) is 13.8 Å². The van der Waals surface area contributed by atoms with Crippen LogP contribution in [-0.2, 0) is 14.6 Å². The molecule has 1 aromatic heterocycles. The van der Waals surface area contributed by atoms with Gasteiger partial charge in [0.05, 0.1) is 5.75 Å². The number of nitrogens with one attached hydrogen (secondary N) is 1. The third-order valence-electron chi connectivity index (χ3n) is 1.96. The average molecular weight is 292 g/mol. The maximum absolute atomic E-state index is 11.5. The fourth-order valence-corrected chi connectivity index (χ4v) is 2.86. The standard InChI is InChI=1S/C9H16N4O3S2/c1-6(2)8-12-13-9(17-8)11-7(14)5-18(15,16)4-3-10/h6H,3-5,10H2,1-2H3,(H,11,13,14). The van der Waals surface area contributed by atoms with E-state index in [1.54, 1.807) is 0 Å². The van der Waals surface area contributed by atoms with Gasteiger partial charge in [-0.3, -0.25) is 10.1 Å². The highest BCUT2D eigenvalue weighted by atomic mass is 32.2. The molecule has 0 aliphatic rings. The molecule has 1 amide bonds. The van der Waals surface area contributed by atoms with Gasteiger partial charge in [0.15, 0.2) is 9.84 Å². The average Bonchev–Trinajstić information content (AvgIpc) is 2.64. The molecule has 0 spiro atoms. The highest BCUT2D eigenvalue weighted by Gasteiger charge is 2.17. The van der Waals surface area contributed by atoms with Gasteiger partial charge in [0, 0.05) is 12.5 Å². The fraction of sp³-hybridized carbons (Fsp3) is 0.667. The van der Waals surface area contributed by atoms with Crippen LogP contribution in [0.3, 0.4) is 0 Å². The van der Waals surface area contributed by atoms with Gasteiger partial charge in [0.1, 0.15) is 10.8 Å². The first-order valence-electron chi connectivity index (χ1n) is 5.38. The molecule has 3 N–H and O–H groups in total. The number of amides is 1. The van der Waals surface area contributed by atoms with Gasteiger partial charge < -0.3 is 5.73 Å². The van der Waals surface area contributed by atoms with Crippen molar-refractivity contribution in [2.24, 2.45) is 5.73 Å². The van der Waals surface area contributed by atoms with Crippen LogP contribution in [0.1, 0.15) is 24.8 Å². The second-order valence-electron chi connectivity index (χ2n) is 4.03. The molecular formula is C9H16N4O3S2. The third kappa shape index (κ3) is 4.67. The molecule has 0 saturated heterocycles. The molecule has 0 aliphatic heterocycles. The topological polar surface area (TPSA) is 115 Å². The summed E-state index contributed by atoms with van der Waals surface area (Å²) < 4.78 is 22.7. The third-order valence-corrected chi connectivity index (χ3v) is 4.66. The molecule has 102 valence electrons. The summed E-state index contributed by atoms with van der Waals surface area (Å²) in [6.45, 7) is 3.92. The van der Waals surface area contributed by atoms with Crippen molar-refractivity contribution in [3.8, 4) is 0 Å². The van der Waals surface area contributed by atoms with E-state index < -0.39 is 21.5 Å². The molecule has 0 radical (unpaired) electrons. The molecule has 0 saturated carbocycles. The largest absolute Gasteiger partial charge is 0.329 e.